The van der Waals surface area contributed by atoms with E-state index in [-0.39, 0.29) is 12.5 Å². The van der Waals surface area contributed by atoms with Crippen LogP contribution in [-0.2, 0) is 0 Å². The van der Waals surface area contributed by atoms with Crippen LogP contribution in [0.15, 0.2) is 18.3 Å². The van der Waals surface area contributed by atoms with Crippen LogP contribution in [0.1, 0.15) is 32.2 Å². The number of aliphatic hydroxyl groups excluding tert-OH is 1. The maximum Gasteiger partial charge on any atom is 0.267 e. The lowest BCUT2D eigenvalue weighted by atomic mass is 10.1. The number of carbonyl (C=O) groups is 1. The minimum Gasteiger partial charge on any atom is -0.395 e. The minimum atomic E-state index is -0.200. The molecule has 11 heteroatoms. The molecule has 34 heavy (non-hydrogen) atoms. The smallest absolute Gasteiger partial charge is 0.267 e. The predicted octanol–water partition coefficient (Wildman–Crippen LogP) is 2.67. The Bertz CT molecular complexity index is 1150. The molecule has 180 valence electrons. The van der Waals surface area contributed by atoms with Gasteiger partial charge < -0.3 is 15.3 Å². The van der Waals surface area contributed by atoms with Crippen LogP contribution in [0, 0.1) is 27.7 Å². The number of hydrogen-bond donors (Lipinski definition) is 3. The summed E-state index contributed by atoms with van der Waals surface area (Å²) >= 11 is 1.24. The van der Waals surface area contributed by atoms with Crippen molar-refractivity contribution in [3.63, 3.8) is 0 Å². The molecule has 0 aliphatic carbocycles. The fourth-order valence-electron chi connectivity index (χ4n) is 4.06. The summed E-state index contributed by atoms with van der Waals surface area (Å²) in [7, 11) is 0. The summed E-state index contributed by atoms with van der Waals surface area (Å²) in [5.41, 5.74) is 4.05. The Kier molecular flexibility index (Phi) is 7.35. The SMILES string of the molecule is Cc1cc(C)c(NC(=O)c2cnc(Nc3nc(C)nc(N4CCN(CCO)CC4)n3)s2)c(C)c1. The molecule has 1 aliphatic rings. The van der Waals surface area contributed by atoms with Gasteiger partial charge in [0.1, 0.15) is 10.7 Å². The molecule has 1 aliphatic heterocycles. The summed E-state index contributed by atoms with van der Waals surface area (Å²) in [6, 6.07) is 4.10. The zero-order chi connectivity index (χ0) is 24.2. The summed E-state index contributed by atoms with van der Waals surface area (Å²) in [4.78, 5) is 35.4. The van der Waals surface area contributed by atoms with Gasteiger partial charge in [-0.2, -0.15) is 15.0 Å². The van der Waals surface area contributed by atoms with E-state index in [9.17, 15) is 4.79 Å². The average molecular weight is 483 g/mol. The number of β-amino-alcohol motifs (C(OH)–C–C–N with tert-alkyl or cyclic N) is 1. The van der Waals surface area contributed by atoms with Gasteiger partial charge in [-0.1, -0.05) is 29.0 Å². The largest absolute Gasteiger partial charge is 0.395 e. The van der Waals surface area contributed by atoms with E-state index in [1.165, 1.54) is 11.3 Å². The Balaban J connectivity index is 1.43. The molecule has 3 N–H and O–H groups in total. The van der Waals surface area contributed by atoms with Crippen LogP contribution in [0.25, 0.3) is 0 Å². The van der Waals surface area contributed by atoms with Crippen LogP contribution in [0.5, 0.6) is 0 Å². The van der Waals surface area contributed by atoms with Gasteiger partial charge in [0.05, 0.1) is 12.8 Å². The molecular formula is C23H30N8O2S. The van der Waals surface area contributed by atoms with Crippen molar-refractivity contribution in [3.8, 4) is 0 Å². The second-order valence-corrected chi connectivity index (χ2v) is 9.47. The summed E-state index contributed by atoms with van der Waals surface area (Å²) in [6.07, 6.45) is 1.55. The Morgan fingerprint density at radius 3 is 2.44 bits per heavy atom. The Labute approximate surface area is 203 Å². The maximum absolute atomic E-state index is 12.8. The van der Waals surface area contributed by atoms with Gasteiger partial charge in [-0.25, -0.2) is 4.98 Å². The first-order chi connectivity index (χ1) is 16.3. The number of amides is 1. The second-order valence-electron chi connectivity index (χ2n) is 8.44. The molecule has 1 saturated heterocycles. The number of benzene rings is 1. The third kappa shape index (κ3) is 5.66. The Morgan fingerprint density at radius 2 is 1.76 bits per heavy atom. The normalized spacial score (nSPS) is 14.3. The minimum absolute atomic E-state index is 0.164. The molecule has 3 heterocycles. The van der Waals surface area contributed by atoms with Crippen LogP contribution in [-0.4, -0.2) is 75.2 Å². The number of anilines is 4. The Hall–Kier alpha value is -3.15. The highest BCUT2D eigenvalue weighted by Crippen LogP contribution is 2.26. The van der Waals surface area contributed by atoms with Crippen LogP contribution >= 0.6 is 11.3 Å². The monoisotopic (exact) mass is 482 g/mol. The van der Waals surface area contributed by atoms with Gasteiger partial charge in [0, 0.05) is 38.4 Å². The zero-order valence-electron chi connectivity index (χ0n) is 19.9. The predicted molar refractivity (Wildman–Crippen MR) is 134 cm³/mol. The number of carbonyl (C=O) groups excluding carboxylic acids is 1. The van der Waals surface area contributed by atoms with Gasteiger partial charge in [-0.3, -0.25) is 15.0 Å². The summed E-state index contributed by atoms with van der Waals surface area (Å²) in [6.45, 7) is 11.9. The summed E-state index contributed by atoms with van der Waals surface area (Å²) in [5, 5.41) is 15.8. The number of rotatable bonds is 7. The number of hydrogen-bond acceptors (Lipinski definition) is 10. The number of aromatic nitrogens is 4. The molecule has 10 nitrogen and oxygen atoms in total. The molecule has 0 atom stereocenters. The van der Waals surface area contributed by atoms with Crippen molar-refractivity contribution in [1.82, 2.24) is 24.8 Å². The number of nitrogens with one attached hydrogen (secondary N) is 2. The standard InChI is InChI=1S/C23H30N8O2S/c1-14-11-15(2)19(16(3)12-14)27-20(33)18-13-24-23(34-18)29-21-25-17(4)26-22(28-21)31-7-5-30(6-8-31)9-10-32/h11-13,32H,5-10H2,1-4H3,(H,27,33)(H,24,25,26,28,29). The van der Waals surface area contributed by atoms with Crippen LogP contribution in [0.4, 0.5) is 22.7 Å². The molecule has 0 radical (unpaired) electrons. The lowest BCUT2D eigenvalue weighted by molar-refractivity contribution is 0.103. The molecule has 1 aromatic carbocycles. The molecule has 2 aromatic heterocycles. The van der Waals surface area contributed by atoms with Crippen molar-refractivity contribution in [2.24, 2.45) is 0 Å². The fraction of sp³-hybridized carbons (Fsp3) is 0.435. The second kappa shape index (κ2) is 10.4. The van der Waals surface area contributed by atoms with Crippen molar-refractivity contribution >= 4 is 40.0 Å². The number of piperazine rings is 1. The Morgan fingerprint density at radius 1 is 1.06 bits per heavy atom. The van der Waals surface area contributed by atoms with Crippen LogP contribution < -0.4 is 15.5 Å². The molecule has 1 fully saturated rings. The van der Waals surface area contributed by atoms with Gasteiger partial charge >= 0.3 is 0 Å². The van der Waals surface area contributed by atoms with Crippen molar-refractivity contribution in [3.05, 3.63) is 45.7 Å². The van der Waals surface area contributed by atoms with E-state index in [1.54, 1.807) is 6.20 Å². The van der Waals surface area contributed by atoms with E-state index < -0.39 is 0 Å². The third-order valence-electron chi connectivity index (χ3n) is 5.67. The van der Waals surface area contributed by atoms with E-state index in [0.29, 0.717) is 34.3 Å². The fourth-order valence-corrected chi connectivity index (χ4v) is 4.77. The maximum atomic E-state index is 12.8. The van der Waals surface area contributed by atoms with Crippen molar-refractivity contribution < 1.29 is 9.90 Å². The average Bonchev–Trinajstić information content (AvgIpc) is 3.25. The van der Waals surface area contributed by atoms with E-state index in [1.807, 2.05) is 27.7 Å². The topological polar surface area (TPSA) is 119 Å². The summed E-state index contributed by atoms with van der Waals surface area (Å²) in [5.74, 6) is 1.41. The first-order valence-electron chi connectivity index (χ1n) is 11.3. The molecule has 0 saturated carbocycles. The van der Waals surface area contributed by atoms with Gasteiger partial charge in [0.15, 0.2) is 5.13 Å². The van der Waals surface area contributed by atoms with E-state index in [4.69, 9.17) is 5.11 Å². The lowest BCUT2D eigenvalue weighted by Gasteiger charge is -2.34. The molecule has 3 aromatic rings. The highest BCUT2D eigenvalue weighted by Gasteiger charge is 2.20. The molecule has 0 unspecified atom stereocenters. The van der Waals surface area contributed by atoms with Gasteiger partial charge in [0.2, 0.25) is 11.9 Å². The first kappa shape index (κ1) is 24.0. The third-order valence-corrected chi connectivity index (χ3v) is 6.58. The molecule has 0 bridgehead atoms. The van der Waals surface area contributed by atoms with Gasteiger partial charge in [0.25, 0.3) is 5.91 Å². The number of thiazole rings is 1. The first-order valence-corrected chi connectivity index (χ1v) is 12.1. The van der Waals surface area contributed by atoms with Crippen molar-refractivity contribution in [2.75, 3.05) is 54.9 Å². The molecule has 4 rings (SSSR count). The van der Waals surface area contributed by atoms with Gasteiger partial charge in [-0.05, 0) is 38.8 Å². The number of nitrogens with zero attached hydrogens (tertiary/aromatic N) is 6. The van der Waals surface area contributed by atoms with Crippen molar-refractivity contribution in [2.45, 2.75) is 27.7 Å². The van der Waals surface area contributed by atoms with Crippen molar-refractivity contribution in [1.29, 1.82) is 0 Å². The molecule has 0 spiro atoms. The van der Waals surface area contributed by atoms with Crippen LogP contribution in [0.2, 0.25) is 0 Å². The zero-order valence-corrected chi connectivity index (χ0v) is 20.7. The lowest BCUT2D eigenvalue weighted by Crippen LogP contribution is -2.47. The highest BCUT2D eigenvalue weighted by atomic mass is 32.1. The van der Waals surface area contributed by atoms with Gasteiger partial charge in [-0.15, -0.1) is 0 Å². The highest BCUT2D eigenvalue weighted by molar-refractivity contribution is 7.17. The quantitative estimate of drug-likeness (QED) is 0.467. The molecule has 1 amide bonds. The van der Waals surface area contributed by atoms with E-state index >= 15 is 0 Å². The number of aliphatic hydroxyl groups is 1. The summed E-state index contributed by atoms with van der Waals surface area (Å²) < 4.78 is 0. The number of aryl methyl sites for hydroxylation is 4. The molecular weight excluding hydrogens is 452 g/mol. The van der Waals surface area contributed by atoms with E-state index in [0.717, 1.165) is 48.6 Å². The van der Waals surface area contributed by atoms with E-state index in [2.05, 4.69) is 52.5 Å². The van der Waals surface area contributed by atoms with Crippen LogP contribution in [0.3, 0.4) is 0 Å².